The van der Waals surface area contributed by atoms with E-state index in [1.54, 1.807) is 24.8 Å². The summed E-state index contributed by atoms with van der Waals surface area (Å²) in [5, 5.41) is 8.31. The molecule has 10 heteroatoms. The molecular formula is C62H36N10. The minimum absolute atomic E-state index is 0.552. The van der Waals surface area contributed by atoms with E-state index in [1.165, 1.54) is 0 Å². The molecule has 6 aromatic heterocycles. The zero-order chi connectivity index (χ0) is 47.5. The summed E-state index contributed by atoms with van der Waals surface area (Å²) >= 11 is 0. The standard InChI is InChI=1S/C62H36N10/c1-3-31-63-51(19-1)39-11-5-13-41(35-39)57-67-59(47-15-7-21-53-43(47)17-9-33-65-53)71-61(69-57)49-29-25-37-24-28-46-50(30-26-38-23-27-45(49)55(37)56(38)46)62-70-58(42-14-6-12-40(36-42)52-20-2-4-32-64-52)68-60(72-62)48-16-8-22-54-44(48)18-10-34-66-54/h1-36H. The highest BCUT2D eigenvalue weighted by Gasteiger charge is 2.22. The Morgan fingerprint density at radius 2 is 0.625 bits per heavy atom. The maximum Gasteiger partial charge on any atom is 0.164 e. The molecule has 0 amide bonds. The number of pyridine rings is 4. The lowest BCUT2D eigenvalue weighted by Gasteiger charge is -2.17. The minimum atomic E-state index is 0.552. The Kier molecular flexibility index (Phi) is 9.59. The van der Waals surface area contributed by atoms with E-state index >= 15 is 0 Å². The van der Waals surface area contributed by atoms with Gasteiger partial charge in [-0.25, -0.2) is 29.9 Å². The Morgan fingerprint density at radius 3 is 1.07 bits per heavy atom. The van der Waals surface area contributed by atoms with Gasteiger partial charge in [-0.15, -0.1) is 0 Å². The highest BCUT2D eigenvalue weighted by molar-refractivity contribution is 6.27. The van der Waals surface area contributed by atoms with Crippen LogP contribution in [-0.2, 0) is 0 Å². The third-order valence-corrected chi connectivity index (χ3v) is 13.4. The van der Waals surface area contributed by atoms with Gasteiger partial charge in [-0.3, -0.25) is 19.9 Å². The molecule has 0 spiro atoms. The quantitative estimate of drug-likeness (QED) is 0.136. The topological polar surface area (TPSA) is 129 Å². The van der Waals surface area contributed by atoms with Crippen LogP contribution in [0.3, 0.4) is 0 Å². The van der Waals surface area contributed by atoms with E-state index in [0.717, 1.165) is 110 Å². The number of benzene rings is 8. The van der Waals surface area contributed by atoms with Crippen molar-refractivity contribution in [2.45, 2.75) is 0 Å². The summed E-state index contributed by atoms with van der Waals surface area (Å²) < 4.78 is 0. The largest absolute Gasteiger partial charge is 0.256 e. The molecule has 8 aromatic carbocycles. The third kappa shape index (κ3) is 7.04. The second kappa shape index (κ2) is 16.9. The molecule has 0 N–H and O–H groups in total. The number of hydrogen-bond donors (Lipinski definition) is 0. The molecule has 0 aliphatic rings. The summed E-state index contributed by atoms with van der Waals surface area (Å²) in [6, 6.07) is 65.7. The molecule has 14 aromatic rings. The number of hydrogen-bond acceptors (Lipinski definition) is 10. The first-order valence-corrected chi connectivity index (χ1v) is 23.6. The van der Waals surface area contributed by atoms with Crippen LogP contribution in [0.5, 0.6) is 0 Å². The lowest BCUT2D eigenvalue weighted by molar-refractivity contribution is 1.08. The SMILES string of the molecule is c1ccc(-c2cccc(-c3nc(-c4cccc5ncccc45)nc(-c4ccc5ccc6c(-c7nc(-c8cccc(-c9ccccn9)c8)nc(-c8cccc9ncccc89)n7)ccc7ccc4c5c76)n3)c2)nc1. The van der Waals surface area contributed by atoms with Crippen molar-refractivity contribution in [3.8, 4) is 90.8 Å². The lowest BCUT2D eigenvalue weighted by Crippen LogP contribution is -2.02. The van der Waals surface area contributed by atoms with Gasteiger partial charge >= 0.3 is 0 Å². The van der Waals surface area contributed by atoms with Crippen molar-refractivity contribution in [1.82, 2.24) is 49.8 Å². The maximum absolute atomic E-state index is 5.30. The van der Waals surface area contributed by atoms with Crippen LogP contribution < -0.4 is 0 Å². The summed E-state index contributed by atoms with van der Waals surface area (Å²) in [6.45, 7) is 0. The van der Waals surface area contributed by atoms with E-state index in [4.69, 9.17) is 29.9 Å². The molecule has 72 heavy (non-hydrogen) atoms. The molecular weight excluding hydrogens is 885 g/mol. The number of rotatable bonds is 8. The highest BCUT2D eigenvalue weighted by atomic mass is 15.0. The highest BCUT2D eigenvalue weighted by Crippen LogP contribution is 2.43. The second-order valence-corrected chi connectivity index (χ2v) is 17.6. The van der Waals surface area contributed by atoms with E-state index < -0.39 is 0 Å². The average Bonchev–Trinajstić information content (AvgIpc) is 3.46. The van der Waals surface area contributed by atoms with Crippen LogP contribution in [0.15, 0.2) is 219 Å². The average molecular weight is 921 g/mol. The predicted molar refractivity (Wildman–Crippen MR) is 287 cm³/mol. The van der Waals surface area contributed by atoms with Crippen molar-refractivity contribution >= 4 is 54.1 Å². The first kappa shape index (κ1) is 41.0. The Labute approximate surface area is 411 Å². The van der Waals surface area contributed by atoms with Crippen LogP contribution in [0, 0.1) is 0 Å². The van der Waals surface area contributed by atoms with E-state index in [1.807, 2.05) is 97.1 Å². The van der Waals surface area contributed by atoms with Gasteiger partial charge in [0.25, 0.3) is 0 Å². The number of aromatic nitrogens is 10. The van der Waals surface area contributed by atoms with Gasteiger partial charge in [0.1, 0.15) is 0 Å². The van der Waals surface area contributed by atoms with Gasteiger partial charge in [-0.2, -0.15) is 0 Å². The van der Waals surface area contributed by atoms with Crippen molar-refractivity contribution < 1.29 is 0 Å². The van der Waals surface area contributed by atoms with Gasteiger partial charge in [-0.05, 0) is 105 Å². The lowest BCUT2D eigenvalue weighted by atomic mass is 9.89. The summed E-state index contributed by atoms with van der Waals surface area (Å²) in [6.07, 6.45) is 7.22. The van der Waals surface area contributed by atoms with Crippen LogP contribution in [-0.4, -0.2) is 49.8 Å². The maximum atomic E-state index is 5.30. The minimum Gasteiger partial charge on any atom is -0.256 e. The van der Waals surface area contributed by atoms with Crippen molar-refractivity contribution in [3.05, 3.63) is 219 Å². The first-order chi connectivity index (χ1) is 35.7. The molecule has 10 nitrogen and oxygen atoms in total. The summed E-state index contributed by atoms with van der Waals surface area (Å²) in [5.41, 5.74) is 10.6. The molecule has 0 saturated carbocycles. The monoisotopic (exact) mass is 920 g/mol. The van der Waals surface area contributed by atoms with Crippen molar-refractivity contribution in [1.29, 1.82) is 0 Å². The second-order valence-electron chi connectivity index (χ2n) is 17.6. The number of nitrogens with zero attached hydrogens (tertiary/aromatic N) is 10. The van der Waals surface area contributed by atoms with Gasteiger partial charge in [0.05, 0.1) is 22.4 Å². The van der Waals surface area contributed by atoms with Crippen molar-refractivity contribution in [2.75, 3.05) is 0 Å². The van der Waals surface area contributed by atoms with Crippen molar-refractivity contribution in [2.24, 2.45) is 0 Å². The van der Waals surface area contributed by atoms with Gasteiger partial charge < -0.3 is 0 Å². The molecule has 0 fully saturated rings. The fraction of sp³-hybridized carbons (Fsp3) is 0. The predicted octanol–water partition coefficient (Wildman–Crippen LogP) is 14.2. The normalized spacial score (nSPS) is 11.6. The van der Waals surface area contributed by atoms with Crippen LogP contribution in [0.2, 0.25) is 0 Å². The van der Waals surface area contributed by atoms with E-state index in [-0.39, 0.29) is 0 Å². The van der Waals surface area contributed by atoms with Crippen molar-refractivity contribution in [3.63, 3.8) is 0 Å². The van der Waals surface area contributed by atoms with Gasteiger partial charge in [0.15, 0.2) is 34.9 Å². The fourth-order valence-corrected chi connectivity index (χ4v) is 9.98. The van der Waals surface area contributed by atoms with Gasteiger partial charge in [0, 0.05) is 80.1 Å². The van der Waals surface area contributed by atoms with Gasteiger partial charge in [-0.1, -0.05) is 121 Å². The third-order valence-electron chi connectivity index (χ3n) is 13.4. The molecule has 334 valence electrons. The van der Waals surface area contributed by atoms with E-state index in [9.17, 15) is 0 Å². The molecule has 6 heterocycles. The Morgan fingerprint density at radius 1 is 0.236 bits per heavy atom. The molecule has 0 radical (unpaired) electrons. The molecule has 0 bridgehead atoms. The first-order valence-electron chi connectivity index (χ1n) is 23.6. The van der Waals surface area contributed by atoms with Crippen LogP contribution >= 0.6 is 0 Å². The number of fused-ring (bicyclic) bond motifs is 2. The molecule has 0 aliphatic heterocycles. The molecule has 0 aliphatic carbocycles. The van der Waals surface area contributed by atoms with E-state index in [0.29, 0.717) is 34.9 Å². The Balaban J connectivity index is 0.974. The molecule has 0 atom stereocenters. The van der Waals surface area contributed by atoms with Crippen LogP contribution in [0.1, 0.15) is 0 Å². The van der Waals surface area contributed by atoms with E-state index in [2.05, 4.69) is 117 Å². The Hall–Kier alpha value is -10.1. The smallest absolute Gasteiger partial charge is 0.164 e. The van der Waals surface area contributed by atoms with Crippen LogP contribution in [0.25, 0.3) is 145 Å². The Bertz CT molecular complexity index is 4120. The molecule has 0 unspecified atom stereocenters. The zero-order valence-electron chi connectivity index (χ0n) is 38.3. The van der Waals surface area contributed by atoms with Crippen LogP contribution in [0.4, 0.5) is 0 Å². The summed E-state index contributed by atoms with van der Waals surface area (Å²) in [4.78, 5) is 50.2. The summed E-state index contributed by atoms with van der Waals surface area (Å²) in [7, 11) is 0. The summed E-state index contributed by atoms with van der Waals surface area (Å²) in [5.74, 6) is 3.33. The zero-order valence-corrected chi connectivity index (χ0v) is 38.3. The molecule has 14 rings (SSSR count). The molecule has 0 saturated heterocycles. The fourth-order valence-electron chi connectivity index (χ4n) is 9.98. The van der Waals surface area contributed by atoms with Gasteiger partial charge in [0.2, 0.25) is 0 Å².